The summed E-state index contributed by atoms with van der Waals surface area (Å²) in [7, 11) is 0. The highest BCUT2D eigenvalue weighted by molar-refractivity contribution is 5.77. The monoisotopic (exact) mass is 356 g/mol. The van der Waals surface area contributed by atoms with Gasteiger partial charge < -0.3 is 0 Å². The molecule has 0 spiro atoms. The zero-order chi connectivity index (χ0) is 18.6. The molecule has 0 saturated carbocycles. The molecule has 2 aromatic carbocycles. The van der Waals surface area contributed by atoms with Crippen molar-refractivity contribution in [2.75, 3.05) is 0 Å². The molecule has 0 saturated heterocycles. The first-order valence-corrected chi connectivity index (χ1v) is 9.16. The Morgan fingerprint density at radius 2 is 1.85 bits per heavy atom. The number of aryl methyl sites for hydroxylation is 1. The largest absolute Gasteiger partial charge is 0.233 e. The molecule has 1 atom stereocenters. The number of rotatable bonds is 6. The Balaban J connectivity index is 1.99. The molecule has 3 rings (SSSR count). The lowest BCUT2D eigenvalue weighted by Crippen LogP contribution is -2.25. The summed E-state index contributed by atoms with van der Waals surface area (Å²) < 4.78 is 44.0. The lowest BCUT2D eigenvalue weighted by molar-refractivity contribution is 0.239. The van der Waals surface area contributed by atoms with Crippen LogP contribution in [-0.4, -0.2) is 0 Å². The zero-order valence-corrected chi connectivity index (χ0v) is 14.9. The van der Waals surface area contributed by atoms with E-state index in [0.717, 1.165) is 42.9 Å². The molecular formula is C23H23F3. The molecular weight excluding hydrogens is 333 g/mol. The Morgan fingerprint density at radius 3 is 2.65 bits per heavy atom. The third-order valence-electron chi connectivity index (χ3n) is 4.91. The van der Waals surface area contributed by atoms with Crippen LogP contribution in [0.5, 0.6) is 0 Å². The van der Waals surface area contributed by atoms with Crippen molar-refractivity contribution in [2.24, 2.45) is 0 Å². The number of hydrogen-bond donors (Lipinski definition) is 0. The summed E-state index contributed by atoms with van der Waals surface area (Å²) in [6.07, 6.45) is 9.38. The minimum absolute atomic E-state index is 0.0146. The topological polar surface area (TPSA) is 0 Å². The molecule has 0 heterocycles. The van der Waals surface area contributed by atoms with Crippen LogP contribution in [0.25, 0.3) is 5.57 Å². The van der Waals surface area contributed by atoms with Gasteiger partial charge in [-0.1, -0.05) is 74.4 Å². The maximum atomic E-state index is 16.0. The van der Waals surface area contributed by atoms with Crippen molar-refractivity contribution in [3.05, 3.63) is 89.0 Å². The smallest absolute Gasteiger partial charge is 0.167 e. The summed E-state index contributed by atoms with van der Waals surface area (Å²) in [5.41, 5.74) is -0.0995. The average Bonchev–Trinajstić information content (AvgIpc) is 2.65. The van der Waals surface area contributed by atoms with Gasteiger partial charge in [0.05, 0.1) is 0 Å². The van der Waals surface area contributed by atoms with Crippen LogP contribution in [0, 0.1) is 11.6 Å². The zero-order valence-electron chi connectivity index (χ0n) is 14.9. The van der Waals surface area contributed by atoms with Crippen molar-refractivity contribution >= 4 is 5.57 Å². The summed E-state index contributed by atoms with van der Waals surface area (Å²) >= 11 is 0. The van der Waals surface area contributed by atoms with Gasteiger partial charge in [0.2, 0.25) is 0 Å². The molecule has 136 valence electrons. The normalized spacial score (nSPS) is 19.5. The van der Waals surface area contributed by atoms with E-state index in [1.807, 2.05) is 24.3 Å². The number of benzene rings is 2. The van der Waals surface area contributed by atoms with Gasteiger partial charge in [-0.05, 0) is 30.0 Å². The molecule has 0 bridgehead atoms. The van der Waals surface area contributed by atoms with Gasteiger partial charge in [0.15, 0.2) is 17.3 Å². The third-order valence-corrected chi connectivity index (χ3v) is 4.91. The molecule has 0 N–H and O–H groups in total. The van der Waals surface area contributed by atoms with Gasteiger partial charge >= 0.3 is 0 Å². The van der Waals surface area contributed by atoms with E-state index >= 15 is 4.39 Å². The van der Waals surface area contributed by atoms with Crippen molar-refractivity contribution in [3.63, 3.8) is 0 Å². The molecule has 0 fully saturated rings. The van der Waals surface area contributed by atoms with Crippen LogP contribution < -0.4 is 0 Å². The first-order valence-electron chi connectivity index (χ1n) is 9.16. The van der Waals surface area contributed by atoms with Gasteiger partial charge in [-0.3, -0.25) is 0 Å². The summed E-state index contributed by atoms with van der Waals surface area (Å²) in [4.78, 5) is 0. The second kappa shape index (κ2) is 7.94. The van der Waals surface area contributed by atoms with Gasteiger partial charge in [0.25, 0.3) is 0 Å². The third kappa shape index (κ3) is 3.62. The standard InChI is InChI=1S/C23H23F3/c1-2-3-4-9-17-10-7-11-18(16-17)19-12-5-6-15-23(19,26)20-13-8-14-21(24)22(20)25/h5-8,10-14,16H,2-4,9,15H2,1H3. The van der Waals surface area contributed by atoms with Gasteiger partial charge in [0, 0.05) is 17.6 Å². The highest BCUT2D eigenvalue weighted by Gasteiger charge is 2.40. The maximum Gasteiger partial charge on any atom is 0.167 e. The van der Waals surface area contributed by atoms with E-state index in [2.05, 4.69) is 6.92 Å². The predicted molar refractivity (Wildman–Crippen MR) is 101 cm³/mol. The summed E-state index contributed by atoms with van der Waals surface area (Å²) in [5, 5.41) is 0. The van der Waals surface area contributed by atoms with E-state index in [9.17, 15) is 8.78 Å². The SMILES string of the molecule is CCCCCc1cccc(C2=CC=CCC2(F)c2cccc(F)c2F)c1. The number of allylic oxidation sites excluding steroid dienone is 4. The number of alkyl halides is 1. The van der Waals surface area contributed by atoms with Crippen molar-refractivity contribution in [2.45, 2.75) is 44.7 Å². The van der Waals surface area contributed by atoms with Crippen LogP contribution in [0.2, 0.25) is 0 Å². The fraction of sp³-hybridized carbons (Fsp3) is 0.304. The number of halogens is 3. The van der Waals surface area contributed by atoms with Crippen molar-refractivity contribution < 1.29 is 13.2 Å². The van der Waals surface area contributed by atoms with E-state index in [4.69, 9.17) is 0 Å². The van der Waals surface area contributed by atoms with Crippen LogP contribution in [0.3, 0.4) is 0 Å². The van der Waals surface area contributed by atoms with E-state index < -0.39 is 17.3 Å². The molecule has 1 aliphatic carbocycles. The molecule has 0 amide bonds. The Bertz CT molecular complexity index is 835. The first-order chi connectivity index (χ1) is 12.6. The highest BCUT2D eigenvalue weighted by Crippen LogP contribution is 2.46. The minimum Gasteiger partial charge on any atom is -0.233 e. The van der Waals surface area contributed by atoms with Crippen LogP contribution in [-0.2, 0) is 12.1 Å². The Hall–Kier alpha value is -2.29. The minimum atomic E-state index is -2.08. The van der Waals surface area contributed by atoms with Crippen LogP contribution in [0.4, 0.5) is 13.2 Å². The molecule has 0 aromatic heterocycles. The van der Waals surface area contributed by atoms with E-state index in [-0.39, 0.29) is 12.0 Å². The highest BCUT2D eigenvalue weighted by atomic mass is 19.2. The Labute approximate surface area is 153 Å². The van der Waals surface area contributed by atoms with Crippen LogP contribution in [0.1, 0.15) is 49.3 Å². The van der Waals surface area contributed by atoms with Crippen LogP contribution >= 0.6 is 0 Å². The van der Waals surface area contributed by atoms with Crippen molar-refractivity contribution in [1.29, 1.82) is 0 Å². The van der Waals surface area contributed by atoms with E-state index in [0.29, 0.717) is 5.57 Å². The van der Waals surface area contributed by atoms with Gasteiger partial charge in [-0.2, -0.15) is 0 Å². The first kappa shape index (κ1) is 18.5. The van der Waals surface area contributed by atoms with Gasteiger partial charge in [-0.25, -0.2) is 13.2 Å². The molecule has 3 heteroatoms. The van der Waals surface area contributed by atoms with E-state index in [1.54, 1.807) is 18.2 Å². The Morgan fingerprint density at radius 1 is 1.04 bits per heavy atom. The molecule has 1 aliphatic rings. The summed E-state index contributed by atoms with van der Waals surface area (Å²) in [6, 6.07) is 11.4. The quantitative estimate of drug-likeness (QED) is 0.494. The van der Waals surface area contributed by atoms with Gasteiger partial charge in [0.1, 0.15) is 0 Å². The summed E-state index contributed by atoms with van der Waals surface area (Å²) in [6.45, 7) is 2.15. The average molecular weight is 356 g/mol. The van der Waals surface area contributed by atoms with Crippen LogP contribution in [0.15, 0.2) is 60.7 Å². The molecule has 0 radical (unpaired) electrons. The Kier molecular flexibility index (Phi) is 5.65. The lowest BCUT2D eigenvalue weighted by Gasteiger charge is -2.30. The van der Waals surface area contributed by atoms with Crippen molar-refractivity contribution in [1.82, 2.24) is 0 Å². The second-order valence-corrected chi connectivity index (χ2v) is 6.77. The molecule has 0 nitrogen and oxygen atoms in total. The molecule has 2 aromatic rings. The molecule has 1 unspecified atom stereocenters. The maximum absolute atomic E-state index is 16.0. The number of unbranched alkanes of at least 4 members (excludes halogenated alkanes) is 2. The fourth-order valence-corrected chi connectivity index (χ4v) is 3.50. The van der Waals surface area contributed by atoms with E-state index in [1.165, 1.54) is 12.1 Å². The number of hydrogen-bond acceptors (Lipinski definition) is 0. The summed E-state index contributed by atoms with van der Waals surface area (Å²) in [5.74, 6) is -2.14. The second-order valence-electron chi connectivity index (χ2n) is 6.77. The fourth-order valence-electron chi connectivity index (χ4n) is 3.50. The lowest BCUT2D eigenvalue weighted by atomic mass is 9.78. The van der Waals surface area contributed by atoms with Gasteiger partial charge in [-0.15, -0.1) is 0 Å². The molecule has 0 aliphatic heterocycles. The molecule has 26 heavy (non-hydrogen) atoms. The predicted octanol–water partition coefficient (Wildman–Crippen LogP) is 6.91. The van der Waals surface area contributed by atoms with Crippen molar-refractivity contribution in [3.8, 4) is 0 Å².